The molecule has 0 spiro atoms. The van der Waals surface area contributed by atoms with E-state index in [1.165, 1.54) is 0 Å². The first-order chi connectivity index (χ1) is 9.72. The molecule has 0 aliphatic carbocycles. The zero-order chi connectivity index (χ0) is 14.4. The van der Waals surface area contributed by atoms with Gasteiger partial charge in [-0.25, -0.2) is 4.68 Å². The van der Waals surface area contributed by atoms with E-state index >= 15 is 0 Å². The maximum Gasteiger partial charge on any atom is 0.141 e. The van der Waals surface area contributed by atoms with Gasteiger partial charge in [0.25, 0.3) is 0 Å². The van der Waals surface area contributed by atoms with Crippen molar-refractivity contribution in [2.24, 2.45) is 0 Å². The second kappa shape index (κ2) is 7.49. The van der Waals surface area contributed by atoms with Crippen LogP contribution in [0.3, 0.4) is 0 Å². The third kappa shape index (κ3) is 4.11. The molecule has 0 radical (unpaired) electrons. The first-order valence-corrected chi connectivity index (χ1v) is 6.89. The molecule has 2 aromatic rings. The predicted octanol–water partition coefficient (Wildman–Crippen LogP) is 1.82. The van der Waals surface area contributed by atoms with E-state index in [2.05, 4.69) is 26.2 Å². The summed E-state index contributed by atoms with van der Waals surface area (Å²) in [5.74, 6) is 0. The van der Waals surface area contributed by atoms with Crippen molar-refractivity contribution >= 4 is 15.9 Å². The van der Waals surface area contributed by atoms with Crippen LogP contribution in [0.25, 0.3) is 11.3 Å². The number of aliphatic hydroxyl groups excluding tert-OH is 1. The lowest BCUT2D eigenvalue weighted by atomic mass is 10.1. The van der Waals surface area contributed by atoms with Crippen molar-refractivity contribution in [2.75, 3.05) is 20.3 Å². The quantitative estimate of drug-likeness (QED) is 0.778. The van der Waals surface area contributed by atoms with Crippen molar-refractivity contribution < 1.29 is 14.6 Å². The molecule has 0 fully saturated rings. The standard InChI is InChI=1S/C13H16BrN3O3/c1-19-2-3-20-9-17-7-13(15-16-17)11-4-10(8-18)5-12(14)6-11/h4-7,18H,2-3,8-9H2,1H3. The van der Waals surface area contributed by atoms with Gasteiger partial charge in [0.05, 0.1) is 26.0 Å². The molecule has 0 bridgehead atoms. The minimum absolute atomic E-state index is 0.0132. The second-order valence-electron chi connectivity index (χ2n) is 4.18. The van der Waals surface area contributed by atoms with Crippen molar-refractivity contribution in [3.63, 3.8) is 0 Å². The fourth-order valence-electron chi connectivity index (χ4n) is 1.68. The van der Waals surface area contributed by atoms with Crippen LogP contribution in [0.15, 0.2) is 28.9 Å². The number of aromatic nitrogens is 3. The third-order valence-electron chi connectivity index (χ3n) is 2.63. The van der Waals surface area contributed by atoms with Crippen LogP contribution in [0.5, 0.6) is 0 Å². The number of nitrogens with zero attached hydrogens (tertiary/aromatic N) is 3. The summed E-state index contributed by atoms with van der Waals surface area (Å²) in [7, 11) is 1.63. The van der Waals surface area contributed by atoms with Gasteiger partial charge in [-0.3, -0.25) is 0 Å². The fourth-order valence-corrected chi connectivity index (χ4v) is 2.22. The van der Waals surface area contributed by atoms with Gasteiger partial charge in [-0.1, -0.05) is 21.1 Å². The first-order valence-electron chi connectivity index (χ1n) is 6.10. The van der Waals surface area contributed by atoms with Gasteiger partial charge in [0.15, 0.2) is 0 Å². The SMILES string of the molecule is COCCOCn1cc(-c2cc(Br)cc(CO)c2)nn1. The summed E-state index contributed by atoms with van der Waals surface area (Å²) < 4.78 is 12.8. The molecule has 0 saturated carbocycles. The van der Waals surface area contributed by atoms with Crippen LogP contribution >= 0.6 is 15.9 Å². The number of methoxy groups -OCH3 is 1. The molecule has 20 heavy (non-hydrogen) atoms. The largest absolute Gasteiger partial charge is 0.392 e. The Morgan fingerprint density at radius 3 is 2.90 bits per heavy atom. The number of halogens is 1. The Labute approximate surface area is 125 Å². The van der Waals surface area contributed by atoms with Crippen molar-refractivity contribution in [1.82, 2.24) is 15.0 Å². The molecule has 0 saturated heterocycles. The zero-order valence-electron chi connectivity index (χ0n) is 11.1. The van der Waals surface area contributed by atoms with Crippen LogP contribution in [-0.2, 0) is 22.8 Å². The Morgan fingerprint density at radius 1 is 1.30 bits per heavy atom. The molecule has 0 unspecified atom stereocenters. The average molecular weight is 342 g/mol. The van der Waals surface area contributed by atoms with Gasteiger partial charge in [-0.05, 0) is 23.8 Å². The highest BCUT2D eigenvalue weighted by molar-refractivity contribution is 9.10. The van der Waals surface area contributed by atoms with E-state index in [9.17, 15) is 5.11 Å². The number of hydrogen-bond donors (Lipinski definition) is 1. The van der Waals surface area contributed by atoms with Crippen molar-refractivity contribution in [2.45, 2.75) is 13.3 Å². The van der Waals surface area contributed by atoms with E-state index in [0.717, 1.165) is 21.3 Å². The molecular weight excluding hydrogens is 326 g/mol. The lowest BCUT2D eigenvalue weighted by Gasteiger charge is -2.03. The molecule has 1 heterocycles. The summed E-state index contributed by atoms with van der Waals surface area (Å²) in [6.45, 7) is 1.38. The number of rotatable bonds is 7. The van der Waals surface area contributed by atoms with Gasteiger partial charge in [-0.2, -0.15) is 0 Å². The number of aliphatic hydroxyl groups is 1. The zero-order valence-corrected chi connectivity index (χ0v) is 12.7. The lowest BCUT2D eigenvalue weighted by Crippen LogP contribution is -2.07. The third-order valence-corrected chi connectivity index (χ3v) is 3.09. The van der Waals surface area contributed by atoms with Gasteiger partial charge >= 0.3 is 0 Å². The van der Waals surface area contributed by atoms with Gasteiger partial charge in [0.2, 0.25) is 0 Å². The molecule has 0 aliphatic rings. The van der Waals surface area contributed by atoms with Crippen LogP contribution in [0, 0.1) is 0 Å². The van der Waals surface area contributed by atoms with Crippen molar-refractivity contribution in [1.29, 1.82) is 0 Å². The van der Waals surface area contributed by atoms with E-state index in [0.29, 0.717) is 19.9 Å². The van der Waals surface area contributed by atoms with Crippen LogP contribution in [0.4, 0.5) is 0 Å². The maximum atomic E-state index is 9.21. The molecule has 0 amide bonds. The summed E-state index contributed by atoms with van der Waals surface area (Å²) in [4.78, 5) is 0. The molecule has 108 valence electrons. The highest BCUT2D eigenvalue weighted by atomic mass is 79.9. The molecular formula is C13H16BrN3O3. The Balaban J connectivity index is 2.06. The molecule has 6 nitrogen and oxygen atoms in total. The van der Waals surface area contributed by atoms with Crippen LogP contribution < -0.4 is 0 Å². The van der Waals surface area contributed by atoms with Crippen molar-refractivity contribution in [3.05, 3.63) is 34.4 Å². The fraction of sp³-hybridized carbons (Fsp3) is 0.385. The van der Waals surface area contributed by atoms with Crippen LogP contribution in [-0.4, -0.2) is 40.4 Å². The van der Waals surface area contributed by atoms with E-state index < -0.39 is 0 Å². The topological polar surface area (TPSA) is 69.4 Å². The molecule has 0 atom stereocenters. The molecule has 1 aromatic carbocycles. The lowest BCUT2D eigenvalue weighted by molar-refractivity contribution is 0.0281. The average Bonchev–Trinajstić information content (AvgIpc) is 2.92. The summed E-state index contributed by atoms with van der Waals surface area (Å²) in [5, 5.41) is 17.3. The predicted molar refractivity (Wildman–Crippen MR) is 76.9 cm³/mol. The maximum absolute atomic E-state index is 9.21. The smallest absolute Gasteiger partial charge is 0.141 e. The Bertz CT molecular complexity index is 560. The molecule has 0 aliphatic heterocycles. The number of ether oxygens (including phenoxy) is 2. The Kier molecular flexibility index (Phi) is 5.66. The normalized spacial score (nSPS) is 10.9. The van der Waals surface area contributed by atoms with E-state index in [-0.39, 0.29) is 6.61 Å². The van der Waals surface area contributed by atoms with Crippen molar-refractivity contribution in [3.8, 4) is 11.3 Å². The number of hydrogen-bond acceptors (Lipinski definition) is 5. The highest BCUT2D eigenvalue weighted by Crippen LogP contribution is 2.23. The van der Waals surface area contributed by atoms with E-state index in [1.54, 1.807) is 18.0 Å². The van der Waals surface area contributed by atoms with Gasteiger partial charge in [0, 0.05) is 17.1 Å². The number of benzene rings is 1. The van der Waals surface area contributed by atoms with Crippen LogP contribution in [0.1, 0.15) is 5.56 Å². The molecule has 7 heteroatoms. The first kappa shape index (κ1) is 15.1. The minimum atomic E-state index is -0.0132. The molecule has 1 aromatic heterocycles. The molecule has 2 rings (SSSR count). The van der Waals surface area contributed by atoms with Gasteiger partial charge < -0.3 is 14.6 Å². The summed E-state index contributed by atoms with van der Waals surface area (Å²) in [5.41, 5.74) is 2.45. The summed E-state index contributed by atoms with van der Waals surface area (Å²) >= 11 is 3.41. The monoisotopic (exact) mass is 341 g/mol. The summed E-state index contributed by atoms with van der Waals surface area (Å²) in [6, 6.07) is 5.67. The van der Waals surface area contributed by atoms with Crippen LogP contribution in [0.2, 0.25) is 0 Å². The van der Waals surface area contributed by atoms with Gasteiger partial charge in [0.1, 0.15) is 12.4 Å². The Hall–Kier alpha value is -1.28. The van der Waals surface area contributed by atoms with E-state index in [1.807, 2.05) is 18.2 Å². The van der Waals surface area contributed by atoms with E-state index in [4.69, 9.17) is 9.47 Å². The second-order valence-corrected chi connectivity index (χ2v) is 5.10. The minimum Gasteiger partial charge on any atom is -0.392 e. The highest BCUT2D eigenvalue weighted by Gasteiger charge is 2.06. The Morgan fingerprint density at radius 2 is 2.15 bits per heavy atom. The summed E-state index contributed by atoms with van der Waals surface area (Å²) in [6.07, 6.45) is 1.80. The molecule has 1 N–H and O–H groups in total. The van der Waals surface area contributed by atoms with Gasteiger partial charge in [-0.15, -0.1) is 5.10 Å².